The Labute approximate surface area is 149 Å². The molecule has 2 aliphatic rings. The molecule has 2 atom stereocenters. The molecule has 2 fully saturated rings. The second-order valence-corrected chi connectivity index (χ2v) is 8.79. The fourth-order valence-electron chi connectivity index (χ4n) is 3.38. The number of hydrogen-bond acceptors (Lipinski definition) is 4. The SMILES string of the molecule is CN(C)S(=O)(=O)N1C[C@@H](Oc2ccccc2)C[C@H]1C(=O)N1CCCC1. The standard InChI is InChI=1S/C17H25N3O4S/c1-18(2)25(22,23)20-13-15(24-14-8-4-3-5-9-14)12-16(20)17(21)19-10-6-7-11-19/h3-5,8-9,15-16H,6-7,10-13H2,1-2H3/t15-,16-/m0/s1. The van der Waals surface area contributed by atoms with Gasteiger partial charge in [0.05, 0.1) is 6.54 Å². The van der Waals surface area contributed by atoms with Crippen LogP contribution in [0.5, 0.6) is 5.75 Å². The number of carbonyl (C=O) groups is 1. The van der Waals surface area contributed by atoms with E-state index in [-0.39, 0.29) is 18.6 Å². The van der Waals surface area contributed by atoms with Gasteiger partial charge in [-0.15, -0.1) is 0 Å². The molecule has 1 aromatic rings. The lowest BCUT2D eigenvalue weighted by molar-refractivity contribution is -0.133. The first-order valence-corrected chi connectivity index (χ1v) is 9.99. The summed E-state index contributed by atoms with van der Waals surface area (Å²) in [5, 5.41) is 0. The van der Waals surface area contributed by atoms with Gasteiger partial charge in [-0.25, -0.2) is 0 Å². The summed E-state index contributed by atoms with van der Waals surface area (Å²) >= 11 is 0. The molecule has 2 heterocycles. The number of ether oxygens (including phenoxy) is 1. The van der Waals surface area contributed by atoms with Crippen LogP contribution in [0.3, 0.4) is 0 Å². The van der Waals surface area contributed by atoms with Crippen molar-refractivity contribution in [1.29, 1.82) is 0 Å². The molecule has 138 valence electrons. The molecule has 1 amide bonds. The maximum Gasteiger partial charge on any atom is 0.282 e. The third-order valence-electron chi connectivity index (χ3n) is 4.72. The zero-order valence-corrected chi connectivity index (χ0v) is 15.5. The maximum absolute atomic E-state index is 12.9. The molecule has 0 N–H and O–H groups in total. The Hall–Kier alpha value is -1.64. The molecule has 0 aliphatic carbocycles. The van der Waals surface area contributed by atoms with Gasteiger partial charge in [-0.3, -0.25) is 4.79 Å². The van der Waals surface area contributed by atoms with Gasteiger partial charge in [0.1, 0.15) is 17.9 Å². The highest BCUT2D eigenvalue weighted by Gasteiger charge is 2.46. The summed E-state index contributed by atoms with van der Waals surface area (Å²) in [5.74, 6) is 0.575. The van der Waals surface area contributed by atoms with Crippen molar-refractivity contribution in [3.8, 4) is 5.75 Å². The Morgan fingerprint density at radius 3 is 2.40 bits per heavy atom. The molecular weight excluding hydrogens is 342 g/mol. The predicted octanol–water partition coefficient (Wildman–Crippen LogP) is 0.937. The summed E-state index contributed by atoms with van der Waals surface area (Å²) < 4.78 is 33.7. The van der Waals surface area contributed by atoms with Crippen molar-refractivity contribution in [3.63, 3.8) is 0 Å². The number of carbonyl (C=O) groups excluding carboxylic acids is 1. The molecule has 0 spiro atoms. The smallest absolute Gasteiger partial charge is 0.282 e. The summed E-state index contributed by atoms with van der Waals surface area (Å²) in [6, 6.07) is 8.60. The van der Waals surface area contributed by atoms with Crippen LogP contribution in [0, 0.1) is 0 Å². The molecule has 8 heteroatoms. The van der Waals surface area contributed by atoms with Gasteiger partial charge in [0.2, 0.25) is 5.91 Å². The van der Waals surface area contributed by atoms with Gasteiger partial charge in [-0.2, -0.15) is 17.0 Å². The molecule has 1 aromatic carbocycles. The van der Waals surface area contributed by atoms with E-state index in [4.69, 9.17) is 4.74 Å². The number of hydrogen-bond donors (Lipinski definition) is 0. The minimum absolute atomic E-state index is 0.109. The van der Waals surface area contributed by atoms with Gasteiger partial charge in [0, 0.05) is 33.6 Å². The van der Waals surface area contributed by atoms with E-state index >= 15 is 0 Å². The van der Waals surface area contributed by atoms with E-state index in [9.17, 15) is 13.2 Å². The van der Waals surface area contributed by atoms with Crippen molar-refractivity contribution in [2.24, 2.45) is 0 Å². The fourth-order valence-corrected chi connectivity index (χ4v) is 4.65. The molecule has 3 rings (SSSR count). The molecule has 0 bridgehead atoms. The van der Waals surface area contributed by atoms with E-state index in [1.54, 1.807) is 4.90 Å². The first kappa shape index (κ1) is 18.2. The lowest BCUT2D eigenvalue weighted by Crippen LogP contribution is -2.50. The van der Waals surface area contributed by atoms with Crippen LogP contribution in [0.1, 0.15) is 19.3 Å². The van der Waals surface area contributed by atoms with E-state index in [1.807, 2.05) is 30.3 Å². The highest BCUT2D eigenvalue weighted by Crippen LogP contribution is 2.28. The van der Waals surface area contributed by atoms with Crippen LogP contribution in [0.4, 0.5) is 0 Å². The van der Waals surface area contributed by atoms with Gasteiger partial charge < -0.3 is 9.64 Å². The van der Waals surface area contributed by atoms with E-state index in [2.05, 4.69) is 0 Å². The molecular formula is C17H25N3O4S. The number of rotatable bonds is 5. The second-order valence-electron chi connectivity index (χ2n) is 6.70. The Morgan fingerprint density at radius 1 is 1.16 bits per heavy atom. The molecule has 25 heavy (non-hydrogen) atoms. The molecule has 0 saturated carbocycles. The lowest BCUT2D eigenvalue weighted by Gasteiger charge is -2.28. The maximum atomic E-state index is 12.9. The summed E-state index contributed by atoms with van der Waals surface area (Å²) in [6.07, 6.45) is 1.98. The van der Waals surface area contributed by atoms with Gasteiger partial charge in [0.15, 0.2) is 0 Å². The van der Waals surface area contributed by atoms with Gasteiger partial charge in [-0.05, 0) is 25.0 Å². The average molecular weight is 367 g/mol. The monoisotopic (exact) mass is 367 g/mol. The number of likely N-dealkylation sites (tertiary alicyclic amines) is 1. The molecule has 0 radical (unpaired) electrons. The van der Waals surface area contributed by atoms with Crippen molar-refractivity contribution in [2.75, 3.05) is 33.7 Å². The molecule has 0 aromatic heterocycles. The minimum atomic E-state index is -3.69. The van der Waals surface area contributed by atoms with Crippen molar-refractivity contribution in [3.05, 3.63) is 30.3 Å². The van der Waals surface area contributed by atoms with Crippen LogP contribution < -0.4 is 4.74 Å². The summed E-state index contributed by atoms with van der Waals surface area (Å²) in [6.45, 7) is 1.59. The van der Waals surface area contributed by atoms with Crippen LogP contribution in [0.25, 0.3) is 0 Å². The summed E-state index contributed by atoms with van der Waals surface area (Å²) in [4.78, 5) is 14.6. The highest BCUT2D eigenvalue weighted by atomic mass is 32.2. The van der Waals surface area contributed by atoms with E-state index in [1.165, 1.54) is 18.4 Å². The van der Waals surface area contributed by atoms with E-state index in [0.29, 0.717) is 25.3 Å². The second kappa shape index (κ2) is 7.31. The van der Waals surface area contributed by atoms with E-state index in [0.717, 1.165) is 17.1 Å². The normalized spacial score (nSPS) is 24.8. The third kappa shape index (κ3) is 3.80. The molecule has 7 nitrogen and oxygen atoms in total. The van der Waals surface area contributed by atoms with Crippen LogP contribution >= 0.6 is 0 Å². The fraction of sp³-hybridized carbons (Fsp3) is 0.588. The zero-order chi connectivity index (χ0) is 18.0. The van der Waals surface area contributed by atoms with Crippen molar-refractivity contribution < 1.29 is 17.9 Å². The van der Waals surface area contributed by atoms with Crippen molar-refractivity contribution >= 4 is 16.1 Å². The first-order chi connectivity index (χ1) is 11.9. The Balaban J connectivity index is 1.81. The topological polar surface area (TPSA) is 70.2 Å². The molecule has 2 saturated heterocycles. The highest BCUT2D eigenvalue weighted by molar-refractivity contribution is 7.86. The van der Waals surface area contributed by atoms with Crippen molar-refractivity contribution in [1.82, 2.24) is 13.5 Å². The van der Waals surface area contributed by atoms with Crippen LogP contribution in [0.2, 0.25) is 0 Å². The number of nitrogens with zero attached hydrogens (tertiary/aromatic N) is 3. The van der Waals surface area contributed by atoms with E-state index < -0.39 is 16.3 Å². The predicted molar refractivity (Wildman–Crippen MR) is 94.4 cm³/mol. The molecule has 0 unspecified atom stereocenters. The molecule has 2 aliphatic heterocycles. The van der Waals surface area contributed by atoms with Gasteiger partial charge in [-0.1, -0.05) is 18.2 Å². The van der Waals surface area contributed by atoms with Crippen LogP contribution in [-0.4, -0.2) is 73.7 Å². The van der Waals surface area contributed by atoms with Crippen LogP contribution in [-0.2, 0) is 15.0 Å². The Bertz CT molecular complexity index is 702. The van der Waals surface area contributed by atoms with Crippen molar-refractivity contribution in [2.45, 2.75) is 31.4 Å². The Kier molecular flexibility index (Phi) is 5.31. The number of benzene rings is 1. The zero-order valence-electron chi connectivity index (χ0n) is 14.7. The number of amides is 1. The quantitative estimate of drug-likeness (QED) is 0.777. The van der Waals surface area contributed by atoms with Crippen LogP contribution in [0.15, 0.2) is 30.3 Å². The third-order valence-corrected chi connectivity index (χ3v) is 6.64. The summed E-state index contributed by atoms with van der Waals surface area (Å²) in [5.41, 5.74) is 0. The van der Waals surface area contributed by atoms with Gasteiger partial charge in [0.25, 0.3) is 10.2 Å². The number of para-hydroxylation sites is 1. The minimum Gasteiger partial charge on any atom is -0.489 e. The largest absolute Gasteiger partial charge is 0.489 e. The average Bonchev–Trinajstić information content (AvgIpc) is 3.25. The summed E-state index contributed by atoms with van der Waals surface area (Å²) in [7, 11) is -0.718. The van der Waals surface area contributed by atoms with Gasteiger partial charge >= 0.3 is 0 Å². The Morgan fingerprint density at radius 2 is 1.80 bits per heavy atom. The first-order valence-electron chi connectivity index (χ1n) is 8.59. The lowest BCUT2D eigenvalue weighted by atomic mass is 10.2.